The number of fused-ring (bicyclic) bond motifs is 3. The van der Waals surface area contributed by atoms with Gasteiger partial charge in [0.25, 0.3) is 0 Å². The fourth-order valence-electron chi connectivity index (χ4n) is 4.76. The number of nitrogens with one attached hydrogen (secondary N) is 1. The molecule has 2 atom stereocenters. The lowest BCUT2D eigenvalue weighted by atomic mass is 9.64. The summed E-state index contributed by atoms with van der Waals surface area (Å²) < 4.78 is 10.7. The summed E-state index contributed by atoms with van der Waals surface area (Å²) in [5.41, 5.74) is -0.291. The Morgan fingerprint density at radius 3 is 2.58 bits per heavy atom. The Morgan fingerprint density at radius 2 is 1.92 bits per heavy atom. The third-order valence-electron chi connectivity index (χ3n) is 7.03. The molecule has 2 aliphatic carbocycles. The van der Waals surface area contributed by atoms with Crippen LogP contribution in [0.4, 0.5) is 0 Å². The third kappa shape index (κ3) is 1.75. The zero-order chi connectivity index (χ0) is 17.2. The average molecular weight is 329 g/mol. The van der Waals surface area contributed by atoms with E-state index < -0.39 is 5.41 Å². The highest BCUT2D eigenvalue weighted by atomic mass is 16.7. The van der Waals surface area contributed by atoms with Crippen molar-refractivity contribution in [3.8, 4) is 11.5 Å². The maximum Gasteiger partial charge on any atom is 0.231 e. The van der Waals surface area contributed by atoms with Crippen LogP contribution < -0.4 is 14.8 Å². The number of amides is 1. The van der Waals surface area contributed by atoms with Gasteiger partial charge in [0, 0.05) is 18.4 Å². The molecule has 2 fully saturated rings. The highest BCUT2D eigenvalue weighted by molar-refractivity contribution is 5.99. The Morgan fingerprint density at radius 1 is 1.17 bits per heavy atom. The van der Waals surface area contributed by atoms with Crippen molar-refractivity contribution >= 4 is 11.7 Å². The van der Waals surface area contributed by atoms with E-state index in [-0.39, 0.29) is 29.3 Å². The van der Waals surface area contributed by atoms with E-state index in [0.717, 1.165) is 24.2 Å². The molecule has 2 bridgehead atoms. The Kier molecular flexibility index (Phi) is 3.06. The summed E-state index contributed by atoms with van der Waals surface area (Å²) in [5, 5.41) is 3.06. The first-order valence-corrected chi connectivity index (χ1v) is 8.50. The molecule has 1 aliphatic heterocycles. The monoisotopic (exact) mass is 329 g/mol. The Bertz CT molecular complexity index is 741. The second-order valence-electron chi connectivity index (χ2n) is 8.01. The molecule has 5 nitrogen and oxygen atoms in total. The molecule has 0 saturated heterocycles. The van der Waals surface area contributed by atoms with Crippen LogP contribution in [0.25, 0.3) is 0 Å². The first-order valence-electron chi connectivity index (χ1n) is 8.50. The molecular formula is C19H23NO4. The van der Waals surface area contributed by atoms with Crippen molar-refractivity contribution in [1.82, 2.24) is 5.32 Å². The summed E-state index contributed by atoms with van der Waals surface area (Å²) >= 11 is 0. The van der Waals surface area contributed by atoms with Gasteiger partial charge in [-0.25, -0.2) is 0 Å². The minimum atomic E-state index is -0.574. The zero-order valence-corrected chi connectivity index (χ0v) is 14.4. The molecule has 4 rings (SSSR count). The molecule has 1 N–H and O–H groups in total. The van der Waals surface area contributed by atoms with E-state index in [1.54, 1.807) is 0 Å². The number of rotatable bonds is 3. The summed E-state index contributed by atoms with van der Waals surface area (Å²) in [5.74, 6) is 1.68. The van der Waals surface area contributed by atoms with E-state index in [9.17, 15) is 9.59 Å². The zero-order valence-electron chi connectivity index (χ0n) is 14.4. The minimum Gasteiger partial charge on any atom is -0.454 e. The number of carbonyl (C=O) groups excluding carboxylic acids is 2. The second-order valence-corrected chi connectivity index (χ2v) is 8.01. The number of Topliss-reactive ketones (excluding diaryl/α,β-unsaturated/α-hetero) is 1. The van der Waals surface area contributed by atoms with E-state index >= 15 is 0 Å². The van der Waals surface area contributed by atoms with Gasteiger partial charge in [0.05, 0.1) is 5.41 Å². The first-order chi connectivity index (χ1) is 11.3. The first kappa shape index (κ1) is 15.5. The van der Waals surface area contributed by atoms with Crippen LogP contribution in [0.15, 0.2) is 18.2 Å². The molecule has 24 heavy (non-hydrogen) atoms. The average Bonchev–Trinajstić information content (AvgIpc) is 3.13. The molecule has 0 spiro atoms. The summed E-state index contributed by atoms with van der Waals surface area (Å²) in [7, 11) is 0. The van der Waals surface area contributed by atoms with Gasteiger partial charge < -0.3 is 14.8 Å². The second kappa shape index (κ2) is 4.74. The number of benzene rings is 1. The molecule has 128 valence electrons. The normalized spacial score (nSPS) is 32.2. The maximum absolute atomic E-state index is 13.0. The summed E-state index contributed by atoms with van der Waals surface area (Å²) in [4.78, 5) is 25.5. The van der Waals surface area contributed by atoms with Gasteiger partial charge >= 0.3 is 0 Å². The van der Waals surface area contributed by atoms with Gasteiger partial charge in [-0.2, -0.15) is 0 Å². The van der Waals surface area contributed by atoms with Gasteiger partial charge in [0.2, 0.25) is 12.7 Å². The van der Waals surface area contributed by atoms with Crippen molar-refractivity contribution in [2.45, 2.75) is 46.6 Å². The third-order valence-corrected chi connectivity index (χ3v) is 7.03. The fraction of sp³-hybridized carbons (Fsp3) is 0.579. The molecule has 5 heteroatoms. The fourth-order valence-corrected chi connectivity index (χ4v) is 4.76. The molecular weight excluding hydrogens is 306 g/mol. The molecule has 1 aromatic rings. The van der Waals surface area contributed by atoms with E-state index in [0.29, 0.717) is 18.7 Å². The van der Waals surface area contributed by atoms with Gasteiger partial charge in [-0.1, -0.05) is 26.8 Å². The van der Waals surface area contributed by atoms with Crippen LogP contribution in [-0.2, 0) is 16.1 Å². The largest absolute Gasteiger partial charge is 0.454 e. The van der Waals surface area contributed by atoms with Gasteiger partial charge in [0.15, 0.2) is 11.5 Å². The number of ketones is 1. The van der Waals surface area contributed by atoms with Crippen molar-refractivity contribution in [2.24, 2.45) is 16.2 Å². The lowest BCUT2D eigenvalue weighted by Crippen LogP contribution is -2.46. The summed E-state index contributed by atoms with van der Waals surface area (Å²) in [6, 6.07) is 5.68. The SMILES string of the molecule is CC1(C)[C@]2(C(=O)NCc3ccc4c(c3)OCO4)CC[C@@]1(C)C(=O)C2. The highest BCUT2D eigenvalue weighted by Gasteiger charge is 2.72. The van der Waals surface area contributed by atoms with Crippen LogP contribution in [-0.4, -0.2) is 18.5 Å². The Balaban J connectivity index is 1.52. The standard InChI is InChI=1S/C19H23NO4/c1-17(2)18(3)6-7-19(17,9-15(18)21)16(22)20-10-12-4-5-13-14(8-12)24-11-23-13/h4-5,8H,6-7,9-11H2,1-3H3,(H,20,22)/t18-,19+/m0/s1. The van der Waals surface area contributed by atoms with Crippen LogP contribution in [0, 0.1) is 16.2 Å². The topological polar surface area (TPSA) is 64.6 Å². The number of ether oxygens (including phenoxy) is 2. The van der Waals surface area contributed by atoms with Crippen LogP contribution in [0.5, 0.6) is 11.5 Å². The predicted molar refractivity (Wildman–Crippen MR) is 87.6 cm³/mol. The van der Waals surface area contributed by atoms with Crippen molar-refractivity contribution in [1.29, 1.82) is 0 Å². The Hall–Kier alpha value is -2.04. The molecule has 0 aromatic heterocycles. The quantitative estimate of drug-likeness (QED) is 0.926. The molecule has 3 aliphatic rings. The van der Waals surface area contributed by atoms with E-state index in [4.69, 9.17) is 9.47 Å². The number of hydrogen-bond donors (Lipinski definition) is 1. The molecule has 1 amide bonds. The molecule has 2 saturated carbocycles. The van der Waals surface area contributed by atoms with Crippen molar-refractivity contribution in [2.75, 3.05) is 6.79 Å². The summed E-state index contributed by atoms with van der Waals surface area (Å²) in [6.45, 7) is 6.84. The molecule has 1 heterocycles. The predicted octanol–water partition coefficient (Wildman–Crippen LogP) is 2.82. The van der Waals surface area contributed by atoms with Crippen LogP contribution in [0.2, 0.25) is 0 Å². The van der Waals surface area contributed by atoms with Crippen molar-refractivity contribution in [3.05, 3.63) is 23.8 Å². The van der Waals surface area contributed by atoms with Crippen molar-refractivity contribution < 1.29 is 19.1 Å². The van der Waals surface area contributed by atoms with Crippen LogP contribution >= 0.6 is 0 Å². The van der Waals surface area contributed by atoms with Gasteiger partial charge in [-0.3, -0.25) is 9.59 Å². The van der Waals surface area contributed by atoms with E-state index in [1.807, 2.05) is 25.1 Å². The van der Waals surface area contributed by atoms with Gasteiger partial charge in [-0.05, 0) is 36.0 Å². The van der Waals surface area contributed by atoms with Gasteiger partial charge in [-0.15, -0.1) is 0 Å². The number of hydrogen-bond acceptors (Lipinski definition) is 4. The highest BCUT2D eigenvalue weighted by Crippen LogP contribution is 2.70. The maximum atomic E-state index is 13.0. The van der Waals surface area contributed by atoms with Gasteiger partial charge in [0.1, 0.15) is 5.78 Å². The van der Waals surface area contributed by atoms with E-state index in [2.05, 4.69) is 19.2 Å². The van der Waals surface area contributed by atoms with Crippen LogP contribution in [0.3, 0.4) is 0 Å². The minimum absolute atomic E-state index is 0.000239. The molecule has 1 aromatic carbocycles. The van der Waals surface area contributed by atoms with Crippen LogP contribution in [0.1, 0.15) is 45.6 Å². The van der Waals surface area contributed by atoms with E-state index in [1.165, 1.54) is 0 Å². The molecule has 0 radical (unpaired) electrons. The molecule has 0 unspecified atom stereocenters. The lowest BCUT2D eigenvalue weighted by molar-refractivity contribution is -0.136. The summed E-state index contributed by atoms with van der Waals surface area (Å²) in [6.07, 6.45) is 1.95. The lowest BCUT2D eigenvalue weighted by Gasteiger charge is -2.38. The number of carbonyl (C=O) groups is 2. The Labute approximate surface area is 141 Å². The smallest absolute Gasteiger partial charge is 0.231 e. The van der Waals surface area contributed by atoms with Crippen molar-refractivity contribution in [3.63, 3.8) is 0 Å².